The smallest absolute Gasteiger partial charge is 0.338 e. The molecule has 0 spiro atoms. The van der Waals surface area contributed by atoms with Crippen LogP contribution in [0, 0.1) is 0 Å². The quantitative estimate of drug-likeness (QED) is 0.479. The monoisotopic (exact) mass is 306 g/mol. The highest BCUT2D eigenvalue weighted by Gasteiger charge is 2.31. The molecule has 21 heavy (non-hydrogen) atoms. The van der Waals surface area contributed by atoms with Crippen LogP contribution in [0.2, 0.25) is 0 Å². The van der Waals surface area contributed by atoms with E-state index < -0.39 is 41.8 Å². The zero-order valence-electron chi connectivity index (χ0n) is 12.8. The number of rotatable bonds is 7. The first-order valence-corrected chi connectivity index (χ1v) is 6.30. The Morgan fingerprint density at radius 2 is 1.33 bits per heavy atom. The highest BCUT2D eigenvalue weighted by Crippen LogP contribution is 2.09. The van der Waals surface area contributed by atoms with E-state index in [4.69, 9.17) is 9.47 Å². The summed E-state index contributed by atoms with van der Waals surface area (Å²) in [7, 11) is 0. The molecule has 0 aliphatic heterocycles. The highest BCUT2D eigenvalue weighted by molar-refractivity contribution is 5.79. The van der Waals surface area contributed by atoms with Gasteiger partial charge in [-0.2, -0.15) is 0 Å². The van der Waals surface area contributed by atoms with E-state index in [-0.39, 0.29) is 6.61 Å². The molecule has 0 aromatic rings. The number of hydrogen-bond acceptors (Lipinski definition) is 8. The summed E-state index contributed by atoms with van der Waals surface area (Å²) in [5.41, 5.74) is -3.44. The van der Waals surface area contributed by atoms with Gasteiger partial charge >= 0.3 is 17.9 Å². The van der Waals surface area contributed by atoms with Crippen molar-refractivity contribution in [3.8, 4) is 0 Å². The maximum Gasteiger partial charge on any atom is 0.338 e. The molecule has 0 saturated carbocycles. The van der Waals surface area contributed by atoms with Crippen molar-refractivity contribution < 1.29 is 38.8 Å². The summed E-state index contributed by atoms with van der Waals surface area (Å²) in [6.07, 6.45) is -1.08. The average Bonchev–Trinajstić information content (AvgIpc) is 2.29. The lowest BCUT2D eigenvalue weighted by molar-refractivity contribution is -0.182. The summed E-state index contributed by atoms with van der Waals surface area (Å²) >= 11 is 0. The van der Waals surface area contributed by atoms with Crippen LogP contribution in [0.15, 0.2) is 0 Å². The largest absolute Gasteiger partial charge is 0.462 e. The molecule has 0 aromatic carbocycles. The molecule has 122 valence electrons. The Morgan fingerprint density at radius 3 is 1.71 bits per heavy atom. The maximum atomic E-state index is 11.6. The van der Waals surface area contributed by atoms with Gasteiger partial charge in [0.1, 0.15) is 13.2 Å². The van der Waals surface area contributed by atoms with Crippen molar-refractivity contribution in [3.05, 3.63) is 0 Å². The lowest BCUT2D eigenvalue weighted by atomic mass is 10.1. The molecule has 0 radical (unpaired) electrons. The molecule has 0 amide bonds. The molecule has 8 nitrogen and oxygen atoms in total. The molecule has 0 fully saturated rings. The van der Waals surface area contributed by atoms with Gasteiger partial charge in [-0.25, -0.2) is 9.59 Å². The number of esters is 3. The minimum absolute atomic E-state index is 0.337. The predicted molar refractivity (Wildman–Crippen MR) is 70.1 cm³/mol. The lowest BCUT2D eigenvalue weighted by Crippen LogP contribution is -2.41. The number of aliphatic hydroxyl groups is 2. The van der Waals surface area contributed by atoms with E-state index in [1.807, 2.05) is 0 Å². The van der Waals surface area contributed by atoms with Crippen molar-refractivity contribution in [2.24, 2.45) is 0 Å². The molecule has 2 N–H and O–H groups in total. The van der Waals surface area contributed by atoms with Crippen LogP contribution in [0.5, 0.6) is 0 Å². The predicted octanol–water partition coefficient (Wildman–Crippen LogP) is -0.454. The first-order valence-electron chi connectivity index (χ1n) is 6.30. The third-order valence-corrected chi connectivity index (χ3v) is 2.15. The van der Waals surface area contributed by atoms with Crippen molar-refractivity contribution in [1.82, 2.24) is 0 Å². The molecule has 0 rings (SSSR count). The summed E-state index contributed by atoms with van der Waals surface area (Å²) in [5.74, 6) is -2.48. The Hall–Kier alpha value is -1.67. The van der Waals surface area contributed by atoms with Crippen LogP contribution in [-0.2, 0) is 28.6 Å². The second-order valence-electron chi connectivity index (χ2n) is 5.55. The van der Waals surface area contributed by atoms with Crippen LogP contribution >= 0.6 is 0 Å². The molecule has 0 saturated heterocycles. The van der Waals surface area contributed by atoms with Gasteiger partial charge in [-0.3, -0.25) is 4.79 Å². The molecule has 0 aromatic heterocycles. The first-order chi connectivity index (χ1) is 9.34. The van der Waals surface area contributed by atoms with Crippen LogP contribution in [0.3, 0.4) is 0 Å². The van der Waals surface area contributed by atoms with Gasteiger partial charge in [-0.05, 0) is 27.7 Å². The SMILES string of the molecule is CC(=O)OCC(COC(=O)C(C)(C)O)OC(=O)C(C)(C)O. The topological polar surface area (TPSA) is 119 Å². The summed E-state index contributed by atoms with van der Waals surface area (Å²) in [5, 5.41) is 18.9. The molecular formula is C13H22O8. The third-order valence-electron chi connectivity index (χ3n) is 2.15. The summed E-state index contributed by atoms with van der Waals surface area (Å²) in [6, 6.07) is 0. The minimum Gasteiger partial charge on any atom is -0.462 e. The van der Waals surface area contributed by atoms with Gasteiger partial charge in [0, 0.05) is 6.92 Å². The Bertz CT molecular complexity index is 388. The molecule has 0 aliphatic rings. The van der Waals surface area contributed by atoms with E-state index in [9.17, 15) is 24.6 Å². The van der Waals surface area contributed by atoms with E-state index in [0.29, 0.717) is 0 Å². The summed E-state index contributed by atoms with van der Waals surface area (Å²) < 4.78 is 14.4. The number of carbonyl (C=O) groups is 3. The highest BCUT2D eigenvalue weighted by atomic mass is 16.6. The zero-order chi connectivity index (χ0) is 16.8. The van der Waals surface area contributed by atoms with Gasteiger partial charge in [-0.1, -0.05) is 0 Å². The second kappa shape index (κ2) is 7.37. The average molecular weight is 306 g/mol. The third kappa shape index (κ3) is 8.26. The van der Waals surface area contributed by atoms with Crippen LogP contribution in [0.1, 0.15) is 34.6 Å². The molecule has 0 bridgehead atoms. The van der Waals surface area contributed by atoms with Gasteiger partial charge in [-0.15, -0.1) is 0 Å². The molecule has 8 heteroatoms. The Balaban J connectivity index is 4.64. The molecule has 0 aliphatic carbocycles. The number of hydrogen-bond donors (Lipinski definition) is 2. The lowest BCUT2D eigenvalue weighted by Gasteiger charge is -2.23. The Morgan fingerprint density at radius 1 is 0.905 bits per heavy atom. The van der Waals surface area contributed by atoms with E-state index in [0.717, 1.165) is 6.92 Å². The van der Waals surface area contributed by atoms with Crippen LogP contribution in [0.4, 0.5) is 0 Å². The van der Waals surface area contributed by atoms with E-state index in [2.05, 4.69) is 4.74 Å². The van der Waals surface area contributed by atoms with Gasteiger partial charge in [0.05, 0.1) is 0 Å². The normalized spacial score (nSPS) is 13.3. The van der Waals surface area contributed by atoms with E-state index in [1.165, 1.54) is 27.7 Å². The fourth-order valence-electron chi connectivity index (χ4n) is 0.967. The van der Waals surface area contributed by atoms with Crippen molar-refractivity contribution in [2.45, 2.75) is 51.9 Å². The van der Waals surface area contributed by atoms with Crippen molar-refractivity contribution in [1.29, 1.82) is 0 Å². The summed E-state index contributed by atoms with van der Waals surface area (Å²) in [4.78, 5) is 33.7. The van der Waals surface area contributed by atoms with Crippen LogP contribution in [0.25, 0.3) is 0 Å². The van der Waals surface area contributed by atoms with E-state index in [1.54, 1.807) is 0 Å². The fourth-order valence-corrected chi connectivity index (χ4v) is 0.967. The van der Waals surface area contributed by atoms with Gasteiger partial charge in [0.2, 0.25) is 0 Å². The zero-order valence-corrected chi connectivity index (χ0v) is 12.8. The second-order valence-corrected chi connectivity index (χ2v) is 5.55. The molecule has 1 unspecified atom stereocenters. The van der Waals surface area contributed by atoms with Gasteiger partial charge < -0.3 is 24.4 Å². The summed E-state index contributed by atoms with van der Waals surface area (Å²) in [6.45, 7) is 5.33. The van der Waals surface area contributed by atoms with Crippen molar-refractivity contribution >= 4 is 17.9 Å². The fraction of sp³-hybridized carbons (Fsp3) is 0.769. The standard InChI is InChI=1S/C13H22O8/c1-8(14)19-6-9(21-11(16)13(4,5)18)7-20-10(15)12(2,3)17/h9,17-18H,6-7H2,1-5H3. The van der Waals surface area contributed by atoms with E-state index >= 15 is 0 Å². The molecule has 0 heterocycles. The van der Waals surface area contributed by atoms with Crippen molar-refractivity contribution in [2.75, 3.05) is 13.2 Å². The Kier molecular flexibility index (Phi) is 6.78. The van der Waals surface area contributed by atoms with Crippen LogP contribution < -0.4 is 0 Å². The minimum atomic E-state index is -1.74. The Labute approximate surface area is 123 Å². The van der Waals surface area contributed by atoms with Crippen LogP contribution in [-0.4, -0.2) is 58.6 Å². The first kappa shape index (κ1) is 19.3. The maximum absolute atomic E-state index is 11.6. The molecule has 1 atom stereocenters. The number of ether oxygens (including phenoxy) is 3. The van der Waals surface area contributed by atoms with Gasteiger partial charge in [0.15, 0.2) is 17.3 Å². The van der Waals surface area contributed by atoms with Crippen molar-refractivity contribution in [3.63, 3.8) is 0 Å². The van der Waals surface area contributed by atoms with Gasteiger partial charge in [0.25, 0.3) is 0 Å². The molecular weight excluding hydrogens is 284 g/mol. The number of carbonyl (C=O) groups excluding carboxylic acids is 3.